The molecule has 0 atom stereocenters. The molecule has 1 fully saturated rings. The van der Waals surface area contributed by atoms with Gasteiger partial charge >= 0.3 is 0 Å². The largest absolute Gasteiger partial charge is 0.383 e. The Morgan fingerprint density at radius 3 is 3.04 bits per heavy atom. The van der Waals surface area contributed by atoms with Crippen molar-refractivity contribution < 1.29 is 14.1 Å². The van der Waals surface area contributed by atoms with Crippen LogP contribution in [-0.2, 0) is 22.5 Å². The van der Waals surface area contributed by atoms with Gasteiger partial charge in [0.05, 0.1) is 13.2 Å². The molecule has 0 aromatic carbocycles. The maximum Gasteiger partial charge on any atom is 0.246 e. The highest BCUT2D eigenvalue weighted by atomic mass is 32.1. The highest BCUT2D eigenvalue weighted by Crippen LogP contribution is 2.17. The van der Waals surface area contributed by atoms with Crippen LogP contribution in [-0.4, -0.2) is 54.3 Å². The summed E-state index contributed by atoms with van der Waals surface area (Å²) >= 11 is 1.67. The molecule has 1 aliphatic heterocycles. The standard InChI is InChI=1S/C17H24N4O3S/c1-23-9-8-21-6-4-13(5-7-21)17(22)18-12-16-19-15(20-24-16)11-14-3-2-10-25-14/h2-3,10,13H,4-9,11-12H2,1H3,(H,18,22). The Morgan fingerprint density at radius 2 is 2.32 bits per heavy atom. The molecular weight excluding hydrogens is 340 g/mol. The first-order valence-corrected chi connectivity index (χ1v) is 9.45. The first kappa shape index (κ1) is 18.0. The Kier molecular flexibility index (Phi) is 6.55. The van der Waals surface area contributed by atoms with Crippen molar-refractivity contribution in [2.24, 2.45) is 5.92 Å². The molecule has 3 heterocycles. The van der Waals surface area contributed by atoms with E-state index in [1.165, 1.54) is 4.88 Å². The number of rotatable bonds is 8. The van der Waals surface area contributed by atoms with Crippen molar-refractivity contribution in [3.05, 3.63) is 34.1 Å². The second-order valence-electron chi connectivity index (χ2n) is 6.19. The number of carbonyl (C=O) groups excluding carboxylic acids is 1. The summed E-state index contributed by atoms with van der Waals surface area (Å²) in [5.74, 6) is 1.24. The zero-order chi connectivity index (χ0) is 17.5. The normalized spacial score (nSPS) is 16.2. The molecule has 0 aliphatic carbocycles. The van der Waals surface area contributed by atoms with Gasteiger partial charge in [-0.25, -0.2) is 0 Å². The Balaban J connectivity index is 1.40. The molecule has 7 nitrogen and oxygen atoms in total. The molecule has 25 heavy (non-hydrogen) atoms. The molecule has 1 saturated heterocycles. The number of hydrogen-bond acceptors (Lipinski definition) is 7. The second-order valence-corrected chi connectivity index (χ2v) is 7.22. The van der Waals surface area contributed by atoms with E-state index in [2.05, 4.69) is 20.4 Å². The summed E-state index contributed by atoms with van der Waals surface area (Å²) in [7, 11) is 1.71. The maximum atomic E-state index is 12.3. The fourth-order valence-corrected chi connectivity index (χ4v) is 3.65. The van der Waals surface area contributed by atoms with Crippen molar-refractivity contribution >= 4 is 17.2 Å². The Bertz CT molecular complexity index is 651. The van der Waals surface area contributed by atoms with Crippen molar-refractivity contribution in [1.82, 2.24) is 20.4 Å². The topological polar surface area (TPSA) is 80.5 Å². The molecule has 0 radical (unpaired) electrons. The predicted octanol–water partition coefficient (Wildman–Crippen LogP) is 1.70. The minimum atomic E-state index is 0.0623. The molecule has 1 aliphatic rings. The van der Waals surface area contributed by atoms with E-state index in [1.807, 2.05) is 17.5 Å². The van der Waals surface area contributed by atoms with Crippen molar-refractivity contribution in [2.45, 2.75) is 25.8 Å². The number of likely N-dealkylation sites (tertiary alicyclic amines) is 1. The van der Waals surface area contributed by atoms with Crippen molar-refractivity contribution in [1.29, 1.82) is 0 Å². The van der Waals surface area contributed by atoms with Gasteiger partial charge in [0.25, 0.3) is 0 Å². The molecule has 2 aromatic heterocycles. The van der Waals surface area contributed by atoms with Gasteiger partial charge in [0.1, 0.15) is 0 Å². The van der Waals surface area contributed by atoms with Crippen molar-refractivity contribution in [2.75, 3.05) is 33.4 Å². The maximum absolute atomic E-state index is 12.3. The van der Waals surface area contributed by atoms with E-state index in [4.69, 9.17) is 9.26 Å². The number of nitrogens with one attached hydrogen (secondary N) is 1. The Morgan fingerprint density at radius 1 is 1.48 bits per heavy atom. The lowest BCUT2D eigenvalue weighted by Crippen LogP contribution is -2.41. The van der Waals surface area contributed by atoms with Gasteiger partial charge < -0.3 is 19.5 Å². The van der Waals surface area contributed by atoms with Gasteiger partial charge in [-0.3, -0.25) is 4.79 Å². The SMILES string of the molecule is COCCN1CCC(C(=O)NCc2nc(Cc3cccs3)no2)CC1. The number of thiophene rings is 1. The smallest absolute Gasteiger partial charge is 0.246 e. The number of nitrogens with zero attached hydrogens (tertiary/aromatic N) is 3. The van der Waals surface area contributed by atoms with Crippen LogP contribution in [0.3, 0.4) is 0 Å². The summed E-state index contributed by atoms with van der Waals surface area (Å²) in [4.78, 5) is 20.2. The quantitative estimate of drug-likeness (QED) is 0.768. The van der Waals surface area contributed by atoms with Crippen LogP contribution in [0.5, 0.6) is 0 Å². The third kappa shape index (κ3) is 5.35. The van der Waals surface area contributed by atoms with E-state index in [1.54, 1.807) is 18.4 Å². The third-order valence-electron chi connectivity index (χ3n) is 4.41. The van der Waals surface area contributed by atoms with Gasteiger partial charge in [-0.2, -0.15) is 4.98 Å². The zero-order valence-electron chi connectivity index (χ0n) is 14.4. The summed E-state index contributed by atoms with van der Waals surface area (Å²) < 4.78 is 10.3. The lowest BCUT2D eigenvalue weighted by atomic mass is 9.96. The van der Waals surface area contributed by atoms with Gasteiger partial charge in [-0.05, 0) is 37.4 Å². The molecule has 1 amide bonds. The van der Waals surface area contributed by atoms with Crippen molar-refractivity contribution in [3.63, 3.8) is 0 Å². The van der Waals surface area contributed by atoms with Gasteiger partial charge in [0.15, 0.2) is 5.82 Å². The van der Waals surface area contributed by atoms with Crippen LogP contribution in [0.2, 0.25) is 0 Å². The van der Waals surface area contributed by atoms with Crippen LogP contribution in [0.1, 0.15) is 29.4 Å². The Hall–Kier alpha value is -1.77. The van der Waals surface area contributed by atoms with Crippen LogP contribution in [0, 0.1) is 5.92 Å². The monoisotopic (exact) mass is 364 g/mol. The number of ether oxygens (including phenoxy) is 1. The second kappa shape index (κ2) is 9.07. The summed E-state index contributed by atoms with van der Waals surface area (Å²) in [6, 6.07) is 4.04. The number of amides is 1. The van der Waals surface area contributed by atoms with E-state index >= 15 is 0 Å². The highest BCUT2D eigenvalue weighted by Gasteiger charge is 2.24. The molecular formula is C17H24N4O3S. The van der Waals surface area contributed by atoms with Crippen LogP contribution >= 0.6 is 11.3 Å². The van der Waals surface area contributed by atoms with Gasteiger partial charge in [-0.1, -0.05) is 11.2 Å². The van der Waals surface area contributed by atoms with Crippen LogP contribution < -0.4 is 5.32 Å². The predicted molar refractivity (Wildman–Crippen MR) is 94.3 cm³/mol. The summed E-state index contributed by atoms with van der Waals surface area (Å²) in [5, 5.41) is 8.92. The number of piperidine rings is 1. The fourth-order valence-electron chi connectivity index (χ4n) is 2.95. The van der Waals surface area contributed by atoms with Crippen LogP contribution in [0.4, 0.5) is 0 Å². The number of aromatic nitrogens is 2. The molecule has 2 aromatic rings. The molecule has 0 unspecified atom stereocenters. The average molecular weight is 364 g/mol. The van der Waals surface area contributed by atoms with E-state index < -0.39 is 0 Å². The summed E-state index contributed by atoms with van der Waals surface area (Å²) in [6.07, 6.45) is 2.42. The number of methoxy groups -OCH3 is 1. The van der Waals surface area contributed by atoms with E-state index in [9.17, 15) is 4.79 Å². The fraction of sp³-hybridized carbons (Fsp3) is 0.588. The number of hydrogen-bond donors (Lipinski definition) is 1. The molecule has 0 saturated carbocycles. The molecule has 0 bridgehead atoms. The summed E-state index contributed by atoms with van der Waals surface area (Å²) in [5.41, 5.74) is 0. The van der Waals surface area contributed by atoms with E-state index in [0.29, 0.717) is 24.7 Å². The van der Waals surface area contributed by atoms with E-state index in [0.717, 1.165) is 39.1 Å². The zero-order valence-corrected chi connectivity index (χ0v) is 15.3. The van der Waals surface area contributed by atoms with Crippen molar-refractivity contribution in [3.8, 4) is 0 Å². The third-order valence-corrected chi connectivity index (χ3v) is 5.28. The molecule has 8 heteroatoms. The molecule has 0 spiro atoms. The van der Waals surface area contributed by atoms with Gasteiger partial charge in [0.2, 0.25) is 11.8 Å². The first-order valence-electron chi connectivity index (χ1n) is 8.57. The minimum absolute atomic E-state index is 0.0623. The van der Waals surface area contributed by atoms with Crippen LogP contribution in [0.25, 0.3) is 0 Å². The van der Waals surface area contributed by atoms with Gasteiger partial charge in [0, 0.05) is 30.9 Å². The molecule has 3 rings (SSSR count). The molecule has 1 N–H and O–H groups in total. The lowest BCUT2D eigenvalue weighted by molar-refractivity contribution is -0.126. The Labute approximate surface area is 151 Å². The molecule has 136 valence electrons. The minimum Gasteiger partial charge on any atom is -0.383 e. The first-order chi connectivity index (χ1) is 12.2. The lowest BCUT2D eigenvalue weighted by Gasteiger charge is -2.30. The van der Waals surface area contributed by atoms with Gasteiger partial charge in [-0.15, -0.1) is 11.3 Å². The van der Waals surface area contributed by atoms with E-state index in [-0.39, 0.29) is 11.8 Å². The number of carbonyl (C=O) groups is 1. The van der Waals surface area contributed by atoms with Crippen LogP contribution in [0.15, 0.2) is 22.0 Å². The average Bonchev–Trinajstić information content (AvgIpc) is 3.31. The summed E-state index contributed by atoms with van der Waals surface area (Å²) in [6.45, 7) is 3.84. The highest BCUT2D eigenvalue weighted by molar-refractivity contribution is 7.09.